The predicted molar refractivity (Wildman–Crippen MR) is 160 cm³/mol. The molecule has 12 heteroatoms. The van der Waals surface area contributed by atoms with Crippen LogP contribution < -0.4 is 25.4 Å². The quantitative estimate of drug-likeness (QED) is 0.346. The molecule has 7 rings (SSSR count). The van der Waals surface area contributed by atoms with Crippen LogP contribution >= 0.6 is 11.9 Å². The molecular weight excluding hydrogens is 563 g/mol. The normalized spacial score (nSPS) is 37.1. The van der Waals surface area contributed by atoms with Gasteiger partial charge in [-0.2, -0.15) is 13.2 Å². The smallest absolute Gasteiger partial charge is 0.394 e. The Hall–Kier alpha value is -1.05. The lowest BCUT2D eigenvalue weighted by molar-refractivity contribution is -0.190. The summed E-state index contributed by atoms with van der Waals surface area (Å²) in [7, 11) is 0. The van der Waals surface area contributed by atoms with Crippen LogP contribution in [0.15, 0.2) is 12.3 Å². The van der Waals surface area contributed by atoms with Crippen molar-refractivity contribution in [1.29, 1.82) is 0 Å². The van der Waals surface area contributed by atoms with Crippen molar-refractivity contribution in [1.82, 2.24) is 35.4 Å². The van der Waals surface area contributed by atoms with Crippen LogP contribution in [-0.2, 0) is 0 Å². The third-order valence-electron chi connectivity index (χ3n) is 10.6. The van der Waals surface area contributed by atoms with Gasteiger partial charge in [-0.3, -0.25) is 19.6 Å². The first-order valence-corrected chi connectivity index (χ1v) is 17.1. The van der Waals surface area contributed by atoms with Crippen LogP contribution in [0.2, 0.25) is 0 Å². The summed E-state index contributed by atoms with van der Waals surface area (Å²) in [4.78, 5) is 2.72. The summed E-state index contributed by atoms with van der Waals surface area (Å²) in [6.45, 7) is 9.02. The summed E-state index contributed by atoms with van der Waals surface area (Å²) >= 11 is 1.90. The van der Waals surface area contributed by atoms with Gasteiger partial charge in [-0.15, -0.1) is 5.10 Å². The molecular formula is C30H50F3N7OS. The highest BCUT2D eigenvalue weighted by Gasteiger charge is 2.62. The summed E-state index contributed by atoms with van der Waals surface area (Å²) in [5, 5.41) is 16.6. The number of alkyl halides is 3. The molecule has 1 saturated carbocycles. The molecule has 0 spiro atoms. The summed E-state index contributed by atoms with van der Waals surface area (Å²) in [5.74, 6) is 1.58. The van der Waals surface area contributed by atoms with Crippen LogP contribution in [0, 0.1) is 17.3 Å². The van der Waals surface area contributed by atoms with E-state index in [0.717, 1.165) is 39.0 Å². The SMILES string of the molecule is CC1(C)CC2CCCCNC3CCC(CN3)SNCC3CCC(n4ccc(OCCC5(C(F)(F)F)CC5)n4)NC3N1C2. The molecule has 0 radical (unpaired) electrons. The average Bonchev–Trinajstić information content (AvgIpc) is 3.50. The lowest BCUT2D eigenvalue weighted by atomic mass is 9.90. The van der Waals surface area contributed by atoms with E-state index in [9.17, 15) is 13.2 Å². The number of aromatic nitrogens is 2. The number of hydrogen-bond donors (Lipinski definition) is 4. The molecule has 238 valence electrons. The van der Waals surface area contributed by atoms with Crippen molar-refractivity contribution in [2.45, 2.75) is 120 Å². The molecule has 4 bridgehead atoms. The van der Waals surface area contributed by atoms with E-state index in [1.807, 2.05) is 22.8 Å². The highest BCUT2D eigenvalue weighted by Crippen LogP contribution is 2.59. The van der Waals surface area contributed by atoms with E-state index < -0.39 is 11.6 Å². The highest BCUT2D eigenvalue weighted by molar-refractivity contribution is 7.98. The molecule has 1 aromatic rings. The lowest BCUT2D eigenvalue weighted by Gasteiger charge is -2.47. The molecule has 6 fully saturated rings. The van der Waals surface area contributed by atoms with Gasteiger partial charge in [-0.25, -0.2) is 0 Å². The van der Waals surface area contributed by atoms with Crippen molar-refractivity contribution in [2.24, 2.45) is 17.3 Å². The van der Waals surface area contributed by atoms with Gasteiger partial charge in [-0.1, -0.05) is 18.4 Å². The number of nitrogens with zero attached hydrogens (tertiary/aromatic N) is 3. The van der Waals surface area contributed by atoms with Crippen molar-refractivity contribution in [3.8, 4) is 5.88 Å². The van der Waals surface area contributed by atoms with E-state index in [0.29, 0.717) is 29.1 Å². The van der Waals surface area contributed by atoms with Gasteiger partial charge in [0.1, 0.15) is 6.17 Å². The maximum Gasteiger partial charge on any atom is 0.394 e. The second-order valence-corrected chi connectivity index (χ2v) is 15.3. The highest BCUT2D eigenvalue weighted by atomic mass is 32.2. The molecule has 1 aromatic heterocycles. The number of ether oxygens (including phenoxy) is 1. The molecule has 6 aliphatic rings. The molecule has 0 aromatic carbocycles. The molecule has 0 amide bonds. The Morgan fingerprint density at radius 2 is 1.93 bits per heavy atom. The Bertz CT molecular complexity index is 1030. The van der Waals surface area contributed by atoms with E-state index in [4.69, 9.17) is 4.74 Å². The third kappa shape index (κ3) is 7.09. The van der Waals surface area contributed by atoms with Gasteiger partial charge >= 0.3 is 6.18 Å². The Balaban J connectivity index is 1.11. The second kappa shape index (κ2) is 12.7. The van der Waals surface area contributed by atoms with Crippen molar-refractivity contribution >= 4 is 11.9 Å². The van der Waals surface area contributed by atoms with E-state index in [1.165, 1.54) is 38.5 Å². The first-order chi connectivity index (χ1) is 20.1. The van der Waals surface area contributed by atoms with Gasteiger partial charge in [0.15, 0.2) is 0 Å². The summed E-state index contributed by atoms with van der Waals surface area (Å²) < 4.78 is 51.3. The van der Waals surface area contributed by atoms with Crippen molar-refractivity contribution < 1.29 is 17.9 Å². The van der Waals surface area contributed by atoms with Gasteiger partial charge in [0.05, 0.1) is 24.4 Å². The molecule has 4 N–H and O–H groups in total. The first kappa shape index (κ1) is 31.0. The number of nitrogens with one attached hydrogen (secondary N) is 4. The molecule has 8 nitrogen and oxygen atoms in total. The number of halogens is 3. The van der Waals surface area contributed by atoms with Gasteiger partial charge in [0.25, 0.3) is 0 Å². The van der Waals surface area contributed by atoms with E-state index in [-0.39, 0.29) is 43.7 Å². The Kier molecular flexibility index (Phi) is 9.40. The van der Waals surface area contributed by atoms with E-state index in [1.54, 1.807) is 6.07 Å². The summed E-state index contributed by atoms with van der Waals surface area (Å²) in [5.41, 5.74) is -1.43. The Morgan fingerprint density at radius 3 is 2.69 bits per heavy atom. The maximum absolute atomic E-state index is 13.3. The zero-order chi connectivity index (χ0) is 29.4. The molecule has 5 saturated heterocycles. The van der Waals surface area contributed by atoms with E-state index >= 15 is 0 Å². The zero-order valence-electron chi connectivity index (χ0n) is 25.2. The largest absolute Gasteiger partial charge is 0.477 e. The van der Waals surface area contributed by atoms with Crippen LogP contribution in [0.4, 0.5) is 13.2 Å². The fourth-order valence-electron chi connectivity index (χ4n) is 7.77. The van der Waals surface area contributed by atoms with Crippen LogP contribution in [-0.4, -0.2) is 76.8 Å². The molecule has 5 aliphatic heterocycles. The standard InChI is InChI=1S/C30H50F3N7OS/c1-28(2)17-21-5-3-4-14-34-24-8-7-23(19-35-24)42-36-18-22-6-9-25(37-27(22)39(28)20-21)40-15-10-26(38-40)41-16-13-29(11-12-29)30(31,32)33/h10,15,21-25,27,34-37H,3-9,11-14,16-20H2,1-2H3. The fraction of sp³-hybridized carbons (Fsp3) is 0.900. The van der Waals surface area contributed by atoms with Crippen LogP contribution in [0.25, 0.3) is 0 Å². The Morgan fingerprint density at radius 1 is 1.07 bits per heavy atom. The van der Waals surface area contributed by atoms with Crippen LogP contribution in [0.3, 0.4) is 0 Å². The minimum absolute atomic E-state index is 0.000965. The minimum atomic E-state index is -4.15. The molecule has 7 atom stereocenters. The number of hydrogen-bond acceptors (Lipinski definition) is 8. The lowest BCUT2D eigenvalue weighted by Crippen LogP contribution is -2.60. The second-order valence-electron chi connectivity index (χ2n) is 14.1. The first-order valence-electron chi connectivity index (χ1n) is 16.2. The third-order valence-corrected chi connectivity index (χ3v) is 11.6. The van der Waals surface area contributed by atoms with Gasteiger partial charge < -0.3 is 15.4 Å². The van der Waals surface area contributed by atoms with Gasteiger partial charge in [0, 0.05) is 48.6 Å². The van der Waals surface area contributed by atoms with Crippen LogP contribution in [0.1, 0.15) is 90.6 Å². The molecule has 1 aliphatic carbocycles. The maximum atomic E-state index is 13.3. The van der Waals surface area contributed by atoms with Gasteiger partial charge in [-0.05, 0) is 90.5 Å². The van der Waals surface area contributed by atoms with E-state index in [2.05, 4.69) is 44.5 Å². The number of rotatable bonds is 5. The van der Waals surface area contributed by atoms with Gasteiger partial charge in [0.2, 0.25) is 5.88 Å². The van der Waals surface area contributed by atoms with Crippen molar-refractivity contribution in [2.75, 3.05) is 32.8 Å². The number of piperidine rings is 2. The van der Waals surface area contributed by atoms with Crippen molar-refractivity contribution in [3.63, 3.8) is 0 Å². The average molecular weight is 614 g/mol. The zero-order valence-corrected chi connectivity index (χ0v) is 26.0. The molecule has 42 heavy (non-hydrogen) atoms. The molecule has 7 unspecified atom stereocenters. The fourth-order valence-corrected chi connectivity index (χ4v) is 8.75. The predicted octanol–water partition coefficient (Wildman–Crippen LogP) is 5.01. The van der Waals surface area contributed by atoms with Crippen LogP contribution in [0.5, 0.6) is 5.88 Å². The summed E-state index contributed by atoms with van der Waals surface area (Å²) in [6, 6.07) is 1.79. The van der Waals surface area contributed by atoms with Crippen molar-refractivity contribution in [3.05, 3.63) is 12.3 Å². The Labute approximate surface area is 253 Å². The monoisotopic (exact) mass is 613 g/mol. The topological polar surface area (TPSA) is 78.4 Å². The number of fused-ring (bicyclic) bond motifs is 8. The minimum Gasteiger partial charge on any atom is -0.477 e. The molecule has 6 heterocycles. The summed E-state index contributed by atoms with van der Waals surface area (Å²) in [6.07, 6.45) is 8.26.